The molecule has 1 saturated carbocycles. The van der Waals surface area contributed by atoms with Gasteiger partial charge < -0.3 is 4.74 Å². The fourth-order valence-corrected chi connectivity index (χ4v) is 1.88. The highest BCUT2D eigenvalue weighted by Crippen LogP contribution is 2.32. The van der Waals surface area contributed by atoms with Gasteiger partial charge in [0.25, 0.3) is 6.43 Å². The van der Waals surface area contributed by atoms with Crippen molar-refractivity contribution in [3.63, 3.8) is 0 Å². The molecular formula is C12H13F3O. The van der Waals surface area contributed by atoms with E-state index < -0.39 is 17.8 Å². The molecule has 88 valence electrons. The maximum atomic E-state index is 13.0. The first-order valence-electron chi connectivity index (χ1n) is 5.30. The van der Waals surface area contributed by atoms with E-state index in [-0.39, 0.29) is 6.10 Å². The summed E-state index contributed by atoms with van der Waals surface area (Å²) in [5, 5.41) is 0. The minimum absolute atomic E-state index is 0.0889. The normalized spacial score (nSPS) is 24.3. The number of hydrogen-bond donors (Lipinski definition) is 0. The highest BCUT2D eigenvalue weighted by Gasteiger charge is 2.27. The van der Waals surface area contributed by atoms with Gasteiger partial charge in [-0.25, -0.2) is 13.2 Å². The molecule has 0 bridgehead atoms. The lowest BCUT2D eigenvalue weighted by Gasteiger charge is -2.32. The summed E-state index contributed by atoms with van der Waals surface area (Å²) in [4.78, 5) is 0. The Balaban J connectivity index is 2.07. The zero-order valence-corrected chi connectivity index (χ0v) is 8.92. The Morgan fingerprint density at radius 3 is 2.56 bits per heavy atom. The third-order valence-electron chi connectivity index (χ3n) is 2.84. The van der Waals surface area contributed by atoms with Crippen LogP contribution in [-0.4, -0.2) is 6.10 Å². The predicted octanol–water partition coefficient (Wildman–Crippen LogP) is 3.94. The van der Waals surface area contributed by atoms with Crippen molar-refractivity contribution in [1.29, 1.82) is 0 Å². The quantitative estimate of drug-likeness (QED) is 0.764. The van der Waals surface area contributed by atoms with E-state index in [4.69, 9.17) is 4.74 Å². The van der Waals surface area contributed by atoms with Gasteiger partial charge in [-0.3, -0.25) is 0 Å². The summed E-state index contributed by atoms with van der Waals surface area (Å²) >= 11 is 0. The van der Waals surface area contributed by atoms with Crippen LogP contribution in [0.3, 0.4) is 0 Å². The van der Waals surface area contributed by atoms with E-state index >= 15 is 0 Å². The Morgan fingerprint density at radius 2 is 2.00 bits per heavy atom. The molecule has 0 unspecified atom stereocenters. The van der Waals surface area contributed by atoms with Crippen LogP contribution >= 0.6 is 0 Å². The number of alkyl halides is 2. The van der Waals surface area contributed by atoms with Gasteiger partial charge in [0, 0.05) is 0 Å². The average Bonchev–Trinajstić information content (AvgIpc) is 2.18. The molecule has 1 nitrogen and oxygen atoms in total. The van der Waals surface area contributed by atoms with E-state index in [2.05, 4.69) is 6.92 Å². The SMILES string of the molecule is CC1CC(Oc2ccc(F)c(C(F)F)c2)C1. The van der Waals surface area contributed by atoms with Crippen LogP contribution in [0, 0.1) is 11.7 Å². The van der Waals surface area contributed by atoms with Crippen LogP contribution in [0.25, 0.3) is 0 Å². The van der Waals surface area contributed by atoms with Crippen molar-refractivity contribution in [2.75, 3.05) is 0 Å². The Morgan fingerprint density at radius 1 is 1.31 bits per heavy atom. The number of halogens is 3. The van der Waals surface area contributed by atoms with Crippen molar-refractivity contribution < 1.29 is 17.9 Å². The van der Waals surface area contributed by atoms with E-state index in [1.54, 1.807) is 0 Å². The van der Waals surface area contributed by atoms with Crippen LogP contribution < -0.4 is 4.74 Å². The standard InChI is InChI=1S/C12H13F3O/c1-7-4-9(5-7)16-8-2-3-11(13)10(6-8)12(14)15/h2-3,6-7,9,12H,4-5H2,1H3. The Labute approximate surface area is 92.2 Å². The minimum Gasteiger partial charge on any atom is -0.490 e. The second-order valence-corrected chi connectivity index (χ2v) is 4.30. The van der Waals surface area contributed by atoms with Gasteiger partial charge >= 0.3 is 0 Å². The second kappa shape index (κ2) is 4.36. The lowest BCUT2D eigenvalue weighted by atomic mass is 9.84. The summed E-state index contributed by atoms with van der Waals surface area (Å²) in [5.74, 6) is 0.0675. The zero-order valence-electron chi connectivity index (χ0n) is 8.92. The largest absolute Gasteiger partial charge is 0.490 e. The third-order valence-corrected chi connectivity index (χ3v) is 2.84. The predicted molar refractivity (Wildman–Crippen MR) is 54.2 cm³/mol. The van der Waals surface area contributed by atoms with Gasteiger partial charge in [0.15, 0.2) is 0 Å². The number of hydrogen-bond acceptors (Lipinski definition) is 1. The topological polar surface area (TPSA) is 9.23 Å². The highest BCUT2D eigenvalue weighted by atomic mass is 19.3. The average molecular weight is 230 g/mol. The fourth-order valence-electron chi connectivity index (χ4n) is 1.88. The number of rotatable bonds is 3. The van der Waals surface area contributed by atoms with Crippen LogP contribution in [0.4, 0.5) is 13.2 Å². The molecule has 16 heavy (non-hydrogen) atoms. The molecule has 0 aromatic heterocycles. The monoisotopic (exact) mass is 230 g/mol. The molecule has 0 spiro atoms. The van der Waals surface area contributed by atoms with Crippen LogP contribution in [0.2, 0.25) is 0 Å². The summed E-state index contributed by atoms with van der Waals surface area (Å²) in [7, 11) is 0. The summed E-state index contributed by atoms with van der Waals surface area (Å²) < 4.78 is 43.3. The molecule has 0 heterocycles. The first-order chi connectivity index (χ1) is 7.56. The van der Waals surface area contributed by atoms with Gasteiger partial charge in [0.1, 0.15) is 11.6 Å². The van der Waals surface area contributed by atoms with Gasteiger partial charge in [0.2, 0.25) is 0 Å². The van der Waals surface area contributed by atoms with Crippen molar-refractivity contribution in [2.45, 2.75) is 32.3 Å². The second-order valence-electron chi connectivity index (χ2n) is 4.30. The summed E-state index contributed by atoms with van der Waals surface area (Å²) in [5.41, 5.74) is -0.593. The number of benzene rings is 1. The molecule has 0 amide bonds. The third kappa shape index (κ3) is 2.31. The molecule has 1 fully saturated rings. The van der Waals surface area contributed by atoms with E-state index in [1.807, 2.05) is 0 Å². The molecule has 0 radical (unpaired) electrons. The lowest BCUT2D eigenvalue weighted by molar-refractivity contribution is 0.0729. The van der Waals surface area contributed by atoms with E-state index in [0.29, 0.717) is 11.7 Å². The van der Waals surface area contributed by atoms with Crippen LogP contribution in [0.15, 0.2) is 18.2 Å². The number of ether oxygens (including phenoxy) is 1. The van der Waals surface area contributed by atoms with Crippen molar-refractivity contribution in [1.82, 2.24) is 0 Å². The molecule has 0 saturated heterocycles. The maximum absolute atomic E-state index is 13.0. The molecule has 0 aliphatic heterocycles. The van der Waals surface area contributed by atoms with E-state index in [0.717, 1.165) is 25.0 Å². The zero-order chi connectivity index (χ0) is 11.7. The van der Waals surface area contributed by atoms with Gasteiger partial charge in [-0.15, -0.1) is 0 Å². The van der Waals surface area contributed by atoms with Crippen molar-refractivity contribution in [3.05, 3.63) is 29.6 Å². The Bertz CT molecular complexity index is 373. The molecule has 1 aliphatic carbocycles. The molecule has 2 rings (SSSR count). The summed E-state index contributed by atoms with van der Waals surface area (Å²) in [6.45, 7) is 2.11. The van der Waals surface area contributed by atoms with Gasteiger partial charge in [-0.2, -0.15) is 0 Å². The molecule has 0 atom stereocenters. The lowest BCUT2D eigenvalue weighted by Crippen LogP contribution is -2.31. The smallest absolute Gasteiger partial charge is 0.266 e. The van der Waals surface area contributed by atoms with E-state index in [9.17, 15) is 13.2 Å². The van der Waals surface area contributed by atoms with Crippen molar-refractivity contribution in [3.8, 4) is 5.75 Å². The van der Waals surface area contributed by atoms with Crippen LogP contribution in [0.1, 0.15) is 31.8 Å². The Kier molecular flexibility index (Phi) is 3.08. The first kappa shape index (κ1) is 11.3. The minimum atomic E-state index is -2.80. The Hall–Kier alpha value is -1.19. The van der Waals surface area contributed by atoms with Crippen molar-refractivity contribution >= 4 is 0 Å². The van der Waals surface area contributed by atoms with E-state index in [1.165, 1.54) is 6.07 Å². The molecule has 1 aromatic rings. The van der Waals surface area contributed by atoms with Gasteiger partial charge in [-0.1, -0.05) is 6.92 Å². The molecular weight excluding hydrogens is 217 g/mol. The van der Waals surface area contributed by atoms with Crippen LogP contribution in [0.5, 0.6) is 5.75 Å². The van der Waals surface area contributed by atoms with Crippen LogP contribution in [-0.2, 0) is 0 Å². The van der Waals surface area contributed by atoms with Gasteiger partial charge in [0.05, 0.1) is 11.7 Å². The molecule has 0 N–H and O–H groups in total. The first-order valence-corrected chi connectivity index (χ1v) is 5.30. The fraction of sp³-hybridized carbons (Fsp3) is 0.500. The molecule has 1 aliphatic rings. The maximum Gasteiger partial charge on any atom is 0.266 e. The van der Waals surface area contributed by atoms with Crippen molar-refractivity contribution in [2.24, 2.45) is 5.92 Å². The molecule has 4 heteroatoms. The molecule has 1 aromatic carbocycles. The highest BCUT2D eigenvalue weighted by molar-refractivity contribution is 5.30. The summed E-state index contributed by atoms with van der Waals surface area (Å²) in [6, 6.07) is 3.51. The van der Waals surface area contributed by atoms with Gasteiger partial charge in [-0.05, 0) is 37.0 Å². The summed E-state index contributed by atoms with van der Waals surface area (Å²) in [6.07, 6.45) is -0.849.